The van der Waals surface area contributed by atoms with Crippen molar-refractivity contribution >= 4 is 11.7 Å². The van der Waals surface area contributed by atoms with Gasteiger partial charge in [-0.05, 0) is 31.4 Å². The largest absolute Gasteiger partial charge is 0.493 e. The third-order valence-corrected chi connectivity index (χ3v) is 2.84. The molecule has 19 heavy (non-hydrogen) atoms. The molecule has 1 aromatic carbocycles. The van der Waals surface area contributed by atoms with Gasteiger partial charge >= 0.3 is 5.97 Å². The van der Waals surface area contributed by atoms with Gasteiger partial charge in [0.1, 0.15) is 11.3 Å². The van der Waals surface area contributed by atoms with Gasteiger partial charge in [-0.15, -0.1) is 0 Å². The average Bonchev–Trinajstić information content (AvgIpc) is 2.37. The molecule has 0 fully saturated rings. The SMILES string of the molecule is CCCC(C)COC(=O)c1c(N)cccc1OCC. The second-order valence-electron chi connectivity index (χ2n) is 4.65. The lowest BCUT2D eigenvalue weighted by Gasteiger charge is -2.14. The van der Waals surface area contributed by atoms with Crippen LogP contribution in [-0.4, -0.2) is 19.2 Å². The molecular formula is C15H23NO3. The van der Waals surface area contributed by atoms with E-state index in [1.165, 1.54) is 0 Å². The number of ether oxygens (including phenoxy) is 2. The second-order valence-corrected chi connectivity index (χ2v) is 4.65. The van der Waals surface area contributed by atoms with Gasteiger partial charge in [-0.3, -0.25) is 0 Å². The number of benzene rings is 1. The zero-order chi connectivity index (χ0) is 14.3. The van der Waals surface area contributed by atoms with E-state index < -0.39 is 5.97 Å². The van der Waals surface area contributed by atoms with Crippen molar-refractivity contribution in [1.29, 1.82) is 0 Å². The monoisotopic (exact) mass is 265 g/mol. The van der Waals surface area contributed by atoms with Gasteiger partial charge in [-0.2, -0.15) is 0 Å². The van der Waals surface area contributed by atoms with Crippen LogP contribution in [-0.2, 0) is 4.74 Å². The predicted molar refractivity (Wildman–Crippen MR) is 76.4 cm³/mol. The summed E-state index contributed by atoms with van der Waals surface area (Å²) in [6.45, 7) is 6.93. The minimum absolute atomic E-state index is 0.327. The Labute approximate surface area is 114 Å². The molecule has 0 saturated heterocycles. The van der Waals surface area contributed by atoms with E-state index in [1.807, 2.05) is 6.92 Å². The third kappa shape index (κ3) is 4.47. The van der Waals surface area contributed by atoms with Gasteiger partial charge < -0.3 is 15.2 Å². The first kappa shape index (κ1) is 15.3. The molecule has 1 aromatic rings. The number of esters is 1. The maximum atomic E-state index is 12.1. The number of nitrogen functional groups attached to an aromatic ring is 1. The van der Waals surface area contributed by atoms with Gasteiger partial charge in [0.25, 0.3) is 0 Å². The molecule has 2 N–H and O–H groups in total. The Morgan fingerprint density at radius 2 is 2.11 bits per heavy atom. The maximum Gasteiger partial charge on any atom is 0.344 e. The predicted octanol–water partition coefficient (Wildman–Crippen LogP) is 3.26. The number of hydrogen-bond acceptors (Lipinski definition) is 4. The minimum atomic E-state index is -0.412. The first-order valence-electron chi connectivity index (χ1n) is 6.78. The van der Waals surface area contributed by atoms with Crippen molar-refractivity contribution in [1.82, 2.24) is 0 Å². The van der Waals surface area contributed by atoms with Crippen LogP contribution < -0.4 is 10.5 Å². The summed E-state index contributed by atoms with van der Waals surface area (Å²) in [5, 5.41) is 0. The Bertz CT molecular complexity index is 418. The fourth-order valence-corrected chi connectivity index (χ4v) is 1.91. The summed E-state index contributed by atoms with van der Waals surface area (Å²) in [4.78, 5) is 12.1. The van der Waals surface area contributed by atoms with Crippen LogP contribution in [0.4, 0.5) is 5.69 Å². The van der Waals surface area contributed by atoms with E-state index >= 15 is 0 Å². The molecule has 4 heteroatoms. The van der Waals surface area contributed by atoms with Gasteiger partial charge in [0, 0.05) is 5.69 Å². The Balaban J connectivity index is 2.75. The smallest absolute Gasteiger partial charge is 0.344 e. The molecule has 0 spiro atoms. The lowest BCUT2D eigenvalue weighted by Crippen LogP contribution is -2.15. The fourth-order valence-electron chi connectivity index (χ4n) is 1.91. The van der Waals surface area contributed by atoms with Crippen molar-refractivity contribution in [3.8, 4) is 5.75 Å². The summed E-state index contributed by atoms with van der Waals surface area (Å²) in [6, 6.07) is 5.16. The summed E-state index contributed by atoms with van der Waals surface area (Å²) in [6.07, 6.45) is 2.12. The fraction of sp³-hybridized carbons (Fsp3) is 0.533. The number of carbonyl (C=O) groups is 1. The standard InChI is InChI=1S/C15H23NO3/c1-4-7-11(3)10-19-15(17)14-12(16)8-6-9-13(14)18-5-2/h6,8-9,11H,4-5,7,10,16H2,1-3H3. The zero-order valence-corrected chi connectivity index (χ0v) is 11.9. The highest BCUT2D eigenvalue weighted by molar-refractivity contribution is 5.98. The van der Waals surface area contributed by atoms with Crippen molar-refractivity contribution in [2.45, 2.75) is 33.6 Å². The van der Waals surface area contributed by atoms with Gasteiger partial charge in [0.05, 0.1) is 13.2 Å². The molecule has 1 atom stereocenters. The van der Waals surface area contributed by atoms with Crippen molar-refractivity contribution in [3.05, 3.63) is 23.8 Å². The molecular weight excluding hydrogens is 242 g/mol. The highest BCUT2D eigenvalue weighted by Crippen LogP contribution is 2.25. The third-order valence-electron chi connectivity index (χ3n) is 2.84. The first-order chi connectivity index (χ1) is 9.10. The van der Waals surface area contributed by atoms with E-state index in [1.54, 1.807) is 18.2 Å². The molecule has 1 unspecified atom stereocenters. The van der Waals surface area contributed by atoms with E-state index in [0.717, 1.165) is 12.8 Å². The van der Waals surface area contributed by atoms with Crippen LogP contribution in [0.15, 0.2) is 18.2 Å². The second kappa shape index (κ2) is 7.67. The maximum absolute atomic E-state index is 12.1. The van der Waals surface area contributed by atoms with Crippen LogP contribution >= 0.6 is 0 Å². The number of anilines is 1. The molecule has 1 rings (SSSR count). The van der Waals surface area contributed by atoms with Crippen LogP contribution in [0.2, 0.25) is 0 Å². The molecule has 0 radical (unpaired) electrons. The van der Waals surface area contributed by atoms with Crippen LogP contribution in [0.5, 0.6) is 5.75 Å². The van der Waals surface area contributed by atoms with Crippen LogP contribution in [0.25, 0.3) is 0 Å². The van der Waals surface area contributed by atoms with Gasteiger partial charge in [-0.25, -0.2) is 4.79 Å². The topological polar surface area (TPSA) is 61.5 Å². The molecule has 106 valence electrons. The molecule has 0 aliphatic rings. The van der Waals surface area contributed by atoms with Crippen molar-refractivity contribution in [3.63, 3.8) is 0 Å². The molecule has 0 aromatic heterocycles. The van der Waals surface area contributed by atoms with E-state index in [4.69, 9.17) is 15.2 Å². The van der Waals surface area contributed by atoms with E-state index in [2.05, 4.69) is 13.8 Å². The van der Waals surface area contributed by atoms with E-state index in [9.17, 15) is 4.79 Å². The molecule has 0 aliphatic carbocycles. The van der Waals surface area contributed by atoms with Gasteiger partial charge in [-0.1, -0.05) is 26.3 Å². The summed E-state index contributed by atoms with van der Waals surface area (Å²) in [5.41, 5.74) is 6.55. The van der Waals surface area contributed by atoms with Crippen LogP contribution in [0.1, 0.15) is 44.0 Å². The summed E-state index contributed by atoms with van der Waals surface area (Å²) >= 11 is 0. The van der Waals surface area contributed by atoms with Crippen molar-refractivity contribution in [2.75, 3.05) is 18.9 Å². The molecule has 0 amide bonds. The van der Waals surface area contributed by atoms with E-state index in [-0.39, 0.29) is 0 Å². The van der Waals surface area contributed by atoms with Crippen molar-refractivity contribution < 1.29 is 14.3 Å². The quantitative estimate of drug-likeness (QED) is 0.607. The zero-order valence-electron chi connectivity index (χ0n) is 11.9. The molecule has 0 saturated carbocycles. The average molecular weight is 265 g/mol. The Morgan fingerprint density at radius 1 is 1.37 bits per heavy atom. The number of carbonyl (C=O) groups excluding carboxylic acids is 1. The first-order valence-corrected chi connectivity index (χ1v) is 6.78. The summed E-state index contributed by atoms with van der Waals surface area (Å²) < 4.78 is 10.7. The van der Waals surface area contributed by atoms with Gasteiger partial charge in [0.2, 0.25) is 0 Å². The lowest BCUT2D eigenvalue weighted by atomic mass is 10.1. The summed E-state index contributed by atoms with van der Waals surface area (Å²) in [7, 11) is 0. The van der Waals surface area contributed by atoms with Crippen LogP contribution in [0, 0.1) is 5.92 Å². The van der Waals surface area contributed by atoms with E-state index in [0.29, 0.717) is 36.1 Å². The molecule has 0 aliphatic heterocycles. The highest BCUT2D eigenvalue weighted by Gasteiger charge is 2.18. The molecule has 4 nitrogen and oxygen atoms in total. The minimum Gasteiger partial charge on any atom is -0.493 e. The lowest BCUT2D eigenvalue weighted by molar-refractivity contribution is 0.0440. The number of rotatable bonds is 7. The normalized spacial score (nSPS) is 11.9. The van der Waals surface area contributed by atoms with Gasteiger partial charge in [0.15, 0.2) is 0 Å². The Morgan fingerprint density at radius 3 is 2.74 bits per heavy atom. The Kier molecular flexibility index (Phi) is 6.19. The summed E-state index contributed by atoms with van der Waals surface area (Å²) in [5.74, 6) is 0.426. The number of nitrogens with two attached hydrogens (primary N) is 1. The Hall–Kier alpha value is -1.71. The number of hydrogen-bond donors (Lipinski definition) is 1. The van der Waals surface area contributed by atoms with Crippen LogP contribution in [0.3, 0.4) is 0 Å². The molecule has 0 heterocycles. The molecule has 0 bridgehead atoms. The van der Waals surface area contributed by atoms with Crippen molar-refractivity contribution in [2.24, 2.45) is 5.92 Å². The highest BCUT2D eigenvalue weighted by atomic mass is 16.5.